The van der Waals surface area contributed by atoms with Crippen LogP contribution in [-0.4, -0.2) is 34.0 Å². The number of pyridine rings is 1. The monoisotopic (exact) mass is 279 g/mol. The third-order valence-electron chi connectivity index (χ3n) is 2.28. The van der Waals surface area contributed by atoms with Crippen molar-refractivity contribution in [2.75, 3.05) is 13.1 Å². The van der Waals surface area contributed by atoms with Gasteiger partial charge >= 0.3 is 29.6 Å². The molecule has 2 heterocycles. The summed E-state index contributed by atoms with van der Waals surface area (Å²) < 4.78 is 0. The maximum absolute atomic E-state index is 10.4. The zero-order chi connectivity index (χ0) is 12.3. The molecule has 18 heavy (non-hydrogen) atoms. The fourth-order valence-corrected chi connectivity index (χ4v) is 1.66. The number of nitrogens with zero attached hydrogens (tertiary/aromatic N) is 4. The summed E-state index contributed by atoms with van der Waals surface area (Å²) in [5, 5.41) is 10.2. The van der Waals surface area contributed by atoms with Crippen LogP contribution in [0.1, 0.15) is 6.99 Å². The first-order chi connectivity index (χ1) is 8.15. The zero-order valence-corrected chi connectivity index (χ0v) is 12.6. The van der Waals surface area contributed by atoms with Gasteiger partial charge in [0.2, 0.25) is 0 Å². The summed E-state index contributed by atoms with van der Waals surface area (Å²) in [4.78, 5) is 20.1. The molecule has 0 bridgehead atoms. The van der Waals surface area contributed by atoms with Gasteiger partial charge in [0.05, 0.1) is 6.54 Å². The number of nitro groups is 1. The Labute approximate surface area is 132 Å². The maximum Gasteiger partial charge on any atom is 1.00 e. The molecule has 0 aliphatic carbocycles. The van der Waals surface area contributed by atoms with Crippen LogP contribution in [0, 0.1) is 10.1 Å². The van der Waals surface area contributed by atoms with Gasteiger partial charge in [0.25, 0.3) is 5.96 Å². The molecule has 1 aromatic heterocycles. The summed E-state index contributed by atoms with van der Waals surface area (Å²) in [6.07, 6.45) is 1.64. The molecule has 0 spiro atoms. The second kappa shape index (κ2) is 6.89. The average molecular weight is 280 g/mol. The Kier molecular flexibility index (Phi) is 5.80. The molecule has 0 fully saturated rings. The first kappa shape index (κ1) is 15.2. The Hall–Kier alpha value is -0.890. The van der Waals surface area contributed by atoms with Gasteiger partial charge < -0.3 is 6.33 Å². The first-order valence-corrected chi connectivity index (χ1v) is 5.34. The van der Waals surface area contributed by atoms with Crippen molar-refractivity contribution in [1.82, 2.24) is 15.3 Å². The summed E-state index contributed by atoms with van der Waals surface area (Å²) in [5.41, 5.74) is 3.00. The molecule has 1 N–H and O–H groups in total. The van der Waals surface area contributed by atoms with Gasteiger partial charge in [-0.3, -0.25) is 0 Å². The molecule has 1 aliphatic heterocycles. The van der Waals surface area contributed by atoms with Crippen molar-refractivity contribution < 1.29 is 36.0 Å². The van der Waals surface area contributed by atoms with Gasteiger partial charge in [-0.2, -0.15) is 0 Å². The number of hydrogen-bond donors (Lipinski definition) is 1. The smallest absolute Gasteiger partial charge is 1.00 e. The van der Waals surface area contributed by atoms with Gasteiger partial charge in [-0.25, -0.2) is 20.1 Å². The van der Waals surface area contributed by atoms with Crippen molar-refractivity contribution in [2.24, 2.45) is 4.99 Å². The third-order valence-corrected chi connectivity index (χ3v) is 2.51. The van der Waals surface area contributed by atoms with Crippen molar-refractivity contribution >= 4 is 17.6 Å². The number of nitrogens with one attached hydrogen (secondary N) is 1. The van der Waals surface area contributed by atoms with Crippen molar-refractivity contribution in [3.05, 3.63) is 39.2 Å². The van der Waals surface area contributed by atoms with E-state index in [0.29, 0.717) is 24.8 Å². The normalized spacial score (nSPS) is 13.8. The molecular weight excluding hydrogens is 269 g/mol. The first-order valence-electron chi connectivity index (χ1n) is 4.96. The molecule has 92 valence electrons. The van der Waals surface area contributed by atoms with Crippen molar-refractivity contribution in [3.63, 3.8) is 0 Å². The van der Waals surface area contributed by atoms with Crippen molar-refractivity contribution in [2.45, 2.75) is 6.54 Å². The minimum absolute atomic E-state index is 0. The van der Waals surface area contributed by atoms with Crippen LogP contribution in [0.3, 0.4) is 0 Å². The Morgan fingerprint density at radius 2 is 2.39 bits per heavy atom. The molecule has 0 saturated carbocycles. The number of guanidine groups is 1. The molecule has 0 radical (unpaired) electrons. The topological polar surface area (TPSA) is 83.7 Å². The van der Waals surface area contributed by atoms with Crippen LogP contribution in [0.4, 0.5) is 0 Å². The van der Waals surface area contributed by atoms with Gasteiger partial charge in [-0.05, 0) is 11.6 Å². The molecule has 9 heteroatoms. The number of halogens is 1. The zero-order valence-electron chi connectivity index (χ0n) is 10.8. The summed E-state index contributed by atoms with van der Waals surface area (Å²) in [5.74, 6) is 0.282. The van der Waals surface area contributed by atoms with Gasteiger partial charge in [-0.15, -0.1) is 0 Å². The average Bonchev–Trinajstić information content (AvgIpc) is 2.68. The molecule has 0 unspecified atom stereocenters. The third kappa shape index (κ3) is 4.09. The Balaban J connectivity index is 0.00000162. The van der Waals surface area contributed by atoms with Crippen LogP contribution >= 0.6 is 11.6 Å². The number of aromatic nitrogens is 1. The molecule has 0 atom stereocenters. The molecule has 1 aromatic rings. The van der Waals surface area contributed by atoms with E-state index in [4.69, 9.17) is 11.6 Å². The standard InChI is InChI=1S/C9H10ClN5O2.Na.H/c10-8-2-1-7(5-12-8)6-14-4-3-11-9(14)13-15(16)17;;/h1-2,5H,3-4,6H2,(H,11,13);;/q;+1;-1. The van der Waals surface area contributed by atoms with Gasteiger partial charge in [0.15, 0.2) is 5.03 Å². The summed E-state index contributed by atoms with van der Waals surface area (Å²) in [6.45, 7) is 1.72. The second-order valence-electron chi connectivity index (χ2n) is 3.48. The van der Waals surface area contributed by atoms with Gasteiger partial charge in [0.1, 0.15) is 5.15 Å². The van der Waals surface area contributed by atoms with E-state index in [-0.39, 0.29) is 36.9 Å². The van der Waals surface area contributed by atoms with Crippen LogP contribution in [-0.2, 0) is 6.54 Å². The number of rotatable bonds is 3. The van der Waals surface area contributed by atoms with E-state index in [1.807, 2.05) is 6.07 Å². The van der Waals surface area contributed by atoms with E-state index >= 15 is 0 Å². The largest absolute Gasteiger partial charge is 1.00 e. The number of aliphatic imine (C=N–C) groups is 1. The van der Waals surface area contributed by atoms with Crippen LogP contribution in [0.25, 0.3) is 0 Å². The maximum atomic E-state index is 10.4. The van der Waals surface area contributed by atoms with E-state index in [2.05, 4.69) is 15.4 Å². The SMILES string of the molecule is O=[N+]([O-])NC1=NCCN1Cc1ccc(Cl)nc1.[H-].[Na+]. The van der Waals surface area contributed by atoms with Crippen LogP contribution < -0.4 is 35.0 Å². The van der Waals surface area contributed by atoms with E-state index in [1.54, 1.807) is 17.2 Å². The molecule has 1 aliphatic rings. The fraction of sp³-hybridized carbons (Fsp3) is 0.333. The molecule has 7 nitrogen and oxygen atoms in total. The van der Waals surface area contributed by atoms with E-state index < -0.39 is 5.03 Å². The minimum Gasteiger partial charge on any atom is -1.00 e. The minimum atomic E-state index is -0.614. The Bertz CT molecular complexity index is 458. The van der Waals surface area contributed by atoms with E-state index in [9.17, 15) is 10.1 Å². The van der Waals surface area contributed by atoms with Crippen LogP contribution in [0.5, 0.6) is 0 Å². The molecule has 0 aromatic carbocycles. The van der Waals surface area contributed by atoms with Gasteiger partial charge in [0, 0.05) is 19.3 Å². The summed E-state index contributed by atoms with van der Waals surface area (Å²) in [6, 6.07) is 3.52. The van der Waals surface area contributed by atoms with Crippen molar-refractivity contribution in [3.8, 4) is 0 Å². The van der Waals surface area contributed by atoms with Crippen LogP contribution in [0.2, 0.25) is 5.15 Å². The second-order valence-corrected chi connectivity index (χ2v) is 3.87. The van der Waals surface area contributed by atoms with Crippen LogP contribution in [0.15, 0.2) is 23.3 Å². The van der Waals surface area contributed by atoms with E-state index in [0.717, 1.165) is 5.56 Å². The summed E-state index contributed by atoms with van der Waals surface area (Å²) in [7, 11) is 0. The summed E-state index contributed by atoms with van der Waals surface area (Å²) >= 11 is 5.68. The number of hydrazine groups is 1. The Morgan fingerprint density at radius 1 is 1.61 bits per heavy atom. The van der Waals surface area contributed by atoms with Crippen molar-refractivity contribution in [1.29, 1.82) is 0 Å². The quantitative estimate of drug-likeness (QED) is 0.294. The molecule has 2 rings (SSSR count). The van der Waals surface area contributed by atoms with E-state index in [1.165, 1.54) is 0 Å². The molecular formula is C9H11ClN5NaO2. The van der Waals surface area contributed by atoms with Gasteiger partial charge in [-0.1, -0.05) is 23.1 Å². The molecule has 0 amide bonds. The number of hydrogen-bond acceptors (Lipinski definition) is 5. The Morgan fingerprint density at radius 3 is 3.00 bits per heavy atom. The fourth-order valence-electron chi connectivity index (χ4n) is 1.54. The predicted octanol–water partition coefficient (Wildman–Crippen LogP) is -2.20. The predicted molar refractivity (Wildman–Crippen MR) is 63.2 cm³/mol. The molecule has 0 saturated heterocycles.